The first kappa shape index (κ1) is 7.94. The van der Waals surface area contributed by atoms with Crippen molar-refractivity contribution in [2.75, 3.05) is 6.61 Å². The number of rotatable bonds is 0. The van der Waals surface area contributed by atoms with Crippen LogP contribution in [0.4, 0.5) is 0 Å². The van der Waals surface area contributed by atoms with Gasteiger partial charge in [-0.25, -0.2) is 0 Å². The predicted octanol–water partition coefficient (Wildman–Crippen LogP) is -1.58. The molecule has 0 saturated carbocycles. The number of hydrogen-bond acceptors (Lipinski definition) is 4. The lowest BCUT2D eigenvalue weighted by atomic mass is 9.98. The van der Waals surface area contributed by atoms with Gasteiger partial charge in [-0.15, -0.1) is 0 Å². The smallest absolute Gasteiger partial charge is 0.0889 e. The van der Waals surface area contributed by atoms with Crippen molar-refractivity contribution in [2.24, 2.45) is 11.5 Å². The minimum Gasteiger partial charge on any atom is -0.390 e. The summed E-state index contributed by atoms with van der Waals surface area (Å²) >= 11 is 0. The zero-order chi connectivity index (χ0) is 7.72. The van der Waals surface area contributed by atoms with Crippen molar-refractivity contribution < 1.29 is 9.84 Å². The standard InChI is InChI=1S/C6H14N2O2/c1-3-5(8)6(9)4(7)2-10-3/h3-6,9H,2,7-8H2,1H3/t3-,4+,5-,6-/m1/s1. The third kappa shape index (κ3) is 1.29. The molecule has 4 nitrogen and oxygen atoms in total. The molecule has 1 aliphatic rings. The summed E-state index contributed by atoms with van der Waals surface area (Å²) in [4.78, 5) is 0. The van der Waals surface area contributed by atoms with Gasteiger partial charge in [0.05, 0.1) is 30.9 Å². The normalized spacial score (nSPS) is 49.2. The van der Waals surface area contributed by atoms with Gasteiger partial charge in [-0.1, -0.05) is 0 Å². The minimum absolute atomic E-state index is 0.0881. The monoisotopic (exact) mass is 146 g/mol. The van der Waals surface area contributed by atoms with Crippen LogP contribution in [0, 0.1) is 0 Å². The third-order valence-corrected chi connectivity index (χ3v) is 1.93. The van der Waals surface area contributed by atoms with E-state index >= 15 is 0 Å². The van der Waals surface area contributed by atoms with Crippen molar-refractivity contribution in [3.8, 4) is 0 Å². The van der Waals surface area contributed by atoms with Gasteiger partial charge in [-0.05, 0) is 6.92 Å². The Balaban J connectivity index is 2.52. The largest absolute Gasteiger partial charge is 0.390 e. The molecule has 5 N–H and O–H groups in total. The molecule has 4 atom stereocenters. The van der Waals surface area contributed by atoms with Crippen LogP contribution in [0.2, 0.25) is 0 Å². The van der Waals surface area contributed by atoms with E-state index in [-0.39, 0.29) is 18.2 Å². The minimum atomic E-state index is -0.622. The van der Waals surface area contributed by atoms with Crippen LogP contribution >= 0.6 is 0 Å². The van der Waals surface area contributed by atoms with Gasteiger partial charge in [-0.3, -0.25) is 0 Å². The first-order valence-corrected chi connectivity index (χ1v) is 3.43. The summed E-state index contributed by atoms with van der Waals surface area (Å²) in [5.74, 6) is 0. The number of aliphatic hydroxyl groups excluding tert-OH is 1. The molecule has 0 amide bonds. The Hall–Kier alpha value is -0.160. The highest BCUT2D eigenvalue weighted by molar-refractivity contribution is 4.89. The molecule has 0 aromatic heterocycles. The molecule has 1 saturated heterocycles. The second-order valence-corrected chi connectivity index (χ2v) is 2.77. The average molecular weight is 146 g/mol. The molecule has 0 spiro atoms. The van der Waals surface area contributed by atoms with Crippen molar-refractivity contribution in [1.29, 1.82) is 0 Å². The zero-order valence-corrected chi connectivity index (χ0v) is 6.03. The first-order valence-electron chi connectivity index (χ1n) is 3.43. The molecule has 0 unspecified atom stereocenters. The molecule has 0 aromatic carbocycles. The molecular formula is C6H14N2O2. The Bertz CT molecular complexity index is 106. The van der Waals surface area contributed by atoms with Crippen molar-refractivity contribution in [2.45, 2.75) is 31.2 Å². The SMILES string of the molecule is C[C@H]1OC[C@H](N)[C@@H](O)[C@@H]1N. The lowest BCUT2D eigenvalue weighted by Crippen LogP contribution is -2.59. The van der Waals surface area contributed by atoms with Crippen LogP contribution in [-0.2, 0) is 4.74 Å². The van der Waals surface area contributed by atoms with Gasteiger partial charge < -0.3 is 21.3 Å². The molecule has 0 aliphatic carbocycles. The fourth-order valence-corrected chi connectivity index (χ4v) is 1.04. The molecule has 0 aromatic rings. The Kier molecular flexibility index (Phi) is 2.25. The van der Waals surface area contributed by atoms with Crippen molar-refractivity contribution in [1.82, 2.24) is 0 Å². The van der Waals surface area contributed by atoms with Gasteiger partial charge in [0.15, 0.2) is 0 Å². The van der Waals surface area contributed by atoms with Gasteiger partial charge in [-0.2, -0.15) is 0 Å². The highest BCUT2D eigenvalue weighted by atomic mass is 16.5. The average Bonchev–Trinajstić information content (AvgIpc) is 1.93. The maximum Gasteiger partial charge on any atom is 0.0889 e. The molecule has 1 fully saturated rings. The number of nitrogens with two attached hydrogens (primary N) is 2. The van der Waals surface area contributed by atoms with Gasteiger partial charge >= 0.3 is 0 Å². The lowest BCUT2D eigenvalue weighted by Gasteiger charge is -2.34. The van der Waals surface area contributed by atoms with E-state index in [0.717, 1.165) is 0 Å². The molecular weight excluding hydrogens is 132 g/mol. The van der Waals surface area contributed by atoms with E-state index in [0.29, 0.717) is 6.61 Å². The third-order valence-electron chi connectivity index (χ3n) is 1.93. The predicted molar refractivity (Wildman–Crippen MR) is 37.4 cm³/mol. The van der Waals surface area contributed by atoms with E-state index in [9.17, 15) is 5.11 Å². The summed E-state index contributed by atoms with van der Waals surface area (Å²) in [5.41, 5.74) is 11.0. The van der Waals surface area contributed by atoms with E-state index in [4.69, 9.17) is 16.2 Å². The Morgan fingerprint density at radius 1 is 1.50 bits per heavy atom. The zero-order valence-electron chi connectivity index (χ0n) is 6.03. The summed E-state index contributed by atoms with van der Waals surface area (Å²) in [5, 5.41) is 9.29. The van der Waals surface area contributed by atoms with Crippen LogP contribution in [0.5, 0.6) is 0 Å². The molecule has 1 heterocycles. The molecule has 4 heteroatoms. The van der Waals surface area contributed by atoms with Crippen LogP contribution in [0.25, 0.3) is 0 Å². The first-order chi connectivity index (χ1) is 4.63. The van der Waals surface area contributed by atoms with Crippen LogP contribution in [-0.4, -0.2) is 36.0 Å². The number of aliphatic hydroxyl groups is 1. The van der Waals surface area contributed by atoms with Crippen molar-refractivity contribution in [3.05, 3.63) is 0 Å². The van der Waals surface area contributed by atoms with Crippen molar-refractivity contribution in [3.63, 3.8) is 0 Å². The fraction of sp³-hybridized carbons (Fsp3) is 1.00. The quantitative estimate of drug-likeness (QED) is 0.385. The second kappa shape index (κ2) is 2.84. The highest BCUT2D eigenvalue weighted by Gasteiger charge is 2.32. The molecule has 10 heavy (non-hydrogen) atoms. The lowest BCUT2D eigenvalue weighted by molar-refractivity contribution is -0.0641. The molecule has 0 radical (unpaired) electrons. The van der Waals surface area contributed by atoms with E-state index in [2.05, 4.69) is 0 Å². The Morgan fingerprint density at radius 2 is 2.10 bits per heavy atom. The Labute approximate surface area is 60.1 Å². The summed E-state index contributed by atoms with van der Waals surface area (Å²) in [6.45, 7) is 2.23. The number of ether oxygens (including phenoxy) is 1. The molecule has 1 rings (SSSR count). The van der Waals surface area contributed by atoms with Gasteiger partial charge in [0, 0.05) is 0 Å². The van der Waals surface area contributed by atoms with Gasteiger partial charge in [0.1, 0.15) is 0 Å². The van der Waals surface area contributed by atoms with E-state index < -0.39 is 6.10 Å². The fourth-order valence-electron chi connectivity index (χ4n) is 1.04. The van der Waals surface area contributed by atoms with Crippen LogP contribution in [0.3, 0.4) is 0 Å². The van der Waals surface area contributed by atoms with Crippen molar-refractivity contribution >= 4 is 0 Å². The summed E-state index contributed by atoms with van der Waals surface area (Å²) < 4.78 is 5.16. The molecule has 0 bridgehead atoms. The Morgan fingerprint density at radius 3 is 2.60 bits per heavy atom. The topological polar surface area (TPSA) is 81.5 Å². The van der Waals surface area contributed by atoms with Gasteiger partial charge in [0.25, 0.3) is 0 Å². The molecule has 60 valence electrons. The van der Waals surface area contributed by atoms with Gasteiger partial charge in [0.2, 0.25) is 0 Å². The second-order valence-electron chi connectivity index (χ2n) is 2.77. The van der Waals surface area contributed by atoms with Crippen LogP contribution < -0.4 is 11.5 Å². The van der Waals surface area contributed by atoms with E-state index in [1.54, 1.807) is 0 Å². The van der Waals surface area contributed by atoms with E-state index in [1.165, 1.54) is 0 Å². The van der Waals surface area contributed by atoms with E-state index in [1.807, 2.05) is 6.92 Å². The van der Waals surface area contributed by atoms with Crippen LogP contribution in [0.1, 0.15) is 6.92 Å². The van der Waals surface area contributed by atoms with Crippen LogP contribution in [0.15, 0.2) is 0 Å². The summed E-state index contributed by atoms with van der Waals surface area (Å²) in [6, 6.07) is -0.671. The maximum absolute atomic E-state index is 9.29. The number of hydrogen-bond donors (Lipinski definition) is 3. The highest BCUT2D eigenvalue weighted by Crippen LogP contribution is 2.10. The summed E-state index contributed by atoms with van der Waals surface area (Å²) in [7, 11) is 0. The summed E-state index contributed by atoms with van der Waals surface area (Å²) in [6.07, 6.45) is -0.710. The molecule has 1 aliphatic heterocycles. The maximum atomic E-state index is 9.29.